The SMILES string of the molecule is CNCCN1CC(C)S(=O)(=O)c2ccc(C)cc21. The first kappa shape index (κ1) is 13.4. The van der Waals surface area contributed by atoms with E-state index in [1.165, 1.54) is 0 Å². The van der Waals surface area contributed by atoms with Gasteiger partial charge in [-0.3, -0.25) is 0 Å². The van der Waals surface area contributed by atoms with Crippen molar-refractivity contribution >= 4 is 15.5 Å². The van der Waals surface area contributed by atoms with Crippen molar-refractivity contribution in [3.8, 4) is 0 Å². The van der Waals surface area contributed by atoms with E-state index in [0.29, 0.717) is 11.4 Å². The van der Waals surface area contributed by atoms with Crippen LogP contribution in [-0.2, 0) is 9.84 Å². The maximum atomic E-state index is 12.3. The topological polar surface area (TPSA) is 49.4 Å². The van der Waals surface area contributed by atoms with Gasteiger partial charge in [-0.25, -0.2) is 8.42 Å². The first-order chi connectivity index (χ1) is 8.46. The molecule has 0 fully saturated rings. The van der Waals surface area contributed by atoms with E-state index >= 15 is 0 Å². The van der Waals surface area contributed by atoms with Gasteiger partial charge in [0.1, 0.15) is 0 Å². The lowest BCUT2D eigenvalue weighted by Gasteiger charge is -2.34. The Morgan fingerprint density at radius 1 is 1.44 bits per heavy atom. The average molecular weight is 268 g/mol. The number of sulfone groups is 1. The highest BCUT2D eigenvalue weighted by molar-refractivity contribution is 7.92. The van der Waals surface area contributed by atoms with Gasteiger partial charge in [0.2, 0.25) is 0 Å². The zero-order valence-corrected chi connectivity index (χ0v) is 11.9. The van der Waals surface area contributed by atoms with Gasteiger partial charge in [0.25, 0.3) is 0 Å². The van der Waals surface area contributed by atoms with Crippen LogP contribution in [0.5, 0.6) is 0 Å². The van der Waals surface area contributed by atoms with Crippen molar-refractivity contribution in [2.24, 2.45) is 0 Å². The lowest BCUT2D eigenvalue weighted by Crippen LogP contribution is -2.43. The summed E-state index contributed by atoms with van der Waals surface area (Å²) in [6, 6.07) is 5.57. The van der Waals surface area contributed by atoms with Crippen LogP contribution in [0.25, 0.3) is 0 Å². The third kappa shape index (κ3) is 2.24. The van der Waals surface area contributed by atoms with E-state index in [1.54, 1.807) is 13.0 Å². The Labute approximate surface area is 109 Å². The summed E-state index contributed by atoms with van der Waals surface area (Å²) in [4.78, 5) is 2.63. The highest BCUT2D eigenvalue weighted by Gasteiger charge is 2.34. The molecule has 5 heteroatoms. The molecule has 1 unspecified atom stereocenters. The second kappa shape index (κ2) is 4.90. The number of fused-ring (bicyclic) bond motifs is 1. The molecule has 0 radical (unpaired) electrons. The molecule has 1 N–H and O–H groups in total. The minimum absolute atomic E-state index is 0.343. The molecule has 4 nitrogen and oxygen atoms in total. The fraction of sp³-hybridized carbons (Fsp3) is 0.538. The quantitative estimate of drug-likeness (QED) is 0.895. The number of anilines is 1. The van der Waals surface area contributed by atoms with Gasteiger partial charge in [0, 0.05) is 19.6 Å². The Balaban J connectivity index is 2.48. The molecule has 2 rings (SSSR count). The van der Waals surface area contributed by atoms with Crippen LogP contribution in [0.1, 0.15) is 12.5 Å². The van der Waals surface area contributed by atoms with Crippen molar-refractivity contribution in [3.63, 3.8) is 0 Å². The van der Waals surface area contributed by atoms with Gasteiger partial charge in [-0.2, -0.15) is 0 Å². The van der Waals surface area contributed by atoms with E-state index in [0.717, 1.165) is 24.3 Å². The zero-order valence-electron chi connectivity index (χ0n) is 11.1. The number of rotatable bonds is 3. The summed E-state index contributed by atoms with van der Waals surface area (Å²) in [5.41, 5.74) is 1.94. The molecule has 0 saturated heterocycles. The van der Waals surface area contributed by atoms with Crippen LogP contribution in [0.2, 0.25) is 0 Å². The van der Waals surface area contributed by atoms with E-state index < -0.39 is 9.84 Å². The zero-order chi connectivity index (χ0) is 13.3. The molecule has 0 aromatic heterocycles. The average Bonchev–Trinajstić information content (AvgIpc) is 2.32. The molecular weight excluding hydrogens is 248 g/mol. The first-order valence-electron chi connectivity index (χ1n) is 6.21. The van der Waals surface area contributed by atoms with Crippen LogP contribution < -0.4 is 10.2 Å². The van der Waals surface area contributed by atoms with Gasteiger partial charge < -0.3 is 10.2 Å². The van der Waals surface area contributed by atoms with Crippen LogP contribution in [0.15, 0.2) is 23.1 Å². The Bertz CT molecular complexity index is 540. The van der Waals surface area contributed by atoms with Crippen molar-refractivity contribution in [1.82, 2.24) is 5.32 Å². The minimum Gasteiger partial charge on any atom is -0.368 e. The summed E-state index contributed by atoms with van der Waals surface area (Å²) >= 11 is 0. The number of hydrogen-bond acceptors (Lipinski definition) is 4. The molecule has 1 aromatic rings. The standard InChI is InChI=1S/C13H20N2O2S/c1-10-4-5-13-12(8-10)15(7-6-14-3)9-11(2)18(13,16)17/h4-5,8,11,14H,6-7,9H2,1-3H3. The summed E-state index contributed by atoms with van der Waals surface area (Å²) in [5.74, 6) is 0. The van der Waals surface area contributed by atoms with E-state index in [1.807, 2.05) is 26.1 Å². The maximum absolute atomic E-state index is 12.3. The van der Waals surface area contributed by atoms with Crippen molar-refractivity contribution in [3.05, 3.63) is 23.8 Å². The molecule has 0 spiro atoms. The third-order valence-corrected chi connectivity index (χ3v) is 5.57. The van der Waals surface area contributed by atoms with Gasteiger partial charge in [0.05, 0.1) is 15.8 Å². The molecule has 1 aromatic carbocycles. The Morgan fingerprint density at radius 3 is 2.83 bits per heavy atom. The van der Waals surface area contributed by atoms with E-state index in [9.17, 15) is 8.42 Å². The smallest absolute Gasteiger partial charge is 0.184 e. The number of nitrogens with zero attached hydrogens (tertiary/aromatic N) is 1. The van der Waals surface area contributed by atoms with Crippen LogP contribution in [-0.4, -0.2) is 40.3 Å². The predicted molar refractivity (Wildman–Crippen MR) is 74.0 cm³/mol. The monoisotopic (exact) mass is 268 g/mol. The predicted octanol–water partition coefficient (Wildman–Crippen LogP) is 1.20. The number of aryl methyl sites for hydroxylation is 1. The Morgan fingerprint density at radius 2 is 2.17 bits per heavy atom. The van der Waals surface area contributed by atoms with E-state index in [-0.39, 0.29) is 5.25 Å². The summed E-state index contributed by atoms with van der Waals surface area (Å²) in [6.45, 7) is 6.01. The van der Waals surface area contributed by atoms with Gasteiger partial charge in [0.15, 0.2) is 9.84 Å². The summed E-state index contributed by atoms with van der Waals surface area (Å²) in [5, 5.41) is 2.76. The summed E-state index contributed by atoms with van der Waals surface area (Å²) in [7, 11) is -1.25. The van der Waals surface area contributed by atoms with Crippen LogP contribution in [0.3, 0.4) is 0 Å². The molecule has 1 aliphatic rings. The molecule has 100 valence electrons. The molecular formula is C13H20N2O2S. The summed E-state index contributed by atoms with van der Waals surface area (Å²) < 4.78 is 24.6. The number of benzene rings is 1. The molecule has 0 amide bonds. The van der Waals surface area contributed by atoms with Crippen LogP contribution >= 0.6 is 0 Å². The molecule has 0 bridgehead atoms. The highest BCUT2D eigenvalue weighted by Crippen LogP contribution is 2.34. The van der Waals surface area contributed by atoms with Gasteiger partial charge >= 0.3 is 0 Å². The Hall–Kier alpha value is -1.07. The molecule has 18 heavy (non-hydrogen) atoms. The molecule has 1 atom stereocenters. The second-order valence-electron chi connectivity index (χ2n) is 4.88. The maximum Gasteiger partial charge on any atom is 0.184 e. The second-order valence-corrected chi connectivity index (χ2v) is 7.21. The van der Waals surface area contributed by atoms with Crippen LogP contribution in [0.4, 0.5) is 5.69 Å². The van der Waals surface area contributed by atoms with Crippen molar-refractivity contribution in [1.29, 1.82) is 0 Å². The largest absolute Gasteiger partial charge is 0.368 e. The fourth-order valence-corrected chi connectivity index (χ4v) is 3.84. The number of hydrogen-bond donors (Lipinski definition) is 1. The number of nitrogens with one attached hydrogen (secondary N) is 1. The van der Waals surface area contributed by atoms with Crippen molar-refractivity contribution in [2.45, 2.75) is 24.0 Å². The van der Waals surface area contributed by atoms with Crippen molar-refractivity contribution in [2.75, 3.05) is 31.6 Å². The third-order valence-electron chi connectivity index (χ3n) is 3.40. The normalized spacial score (nSPS) is 21.7. The van der Waals surface area contributed by atoms with E-state index in [4.69, 9.17) is 0 Å². The van der Waals surface area contributed by atoms with Crippen LogP contribution in [0, 0.1) is 6.92 Å². The molecule has 0 aliphatic carbocycles. The van der Waals surface area contributed by atoms with Gasteiger partial charge in [-0.1, -0.05) is 6.07 Å². The highest BCUT2D eigenvalue weighted by atomic mass is 32.2. The molecule has 1 heterocycles. The van der Waals surface area contributed by atoms with Crippen molar-refractivity contribution < 1.29 is 8.42 Å². The molecule has 1 aliphatic heterocycles. The molecule has 0 saturated carbocycles. The minimum atomic E-state index is -3.16. The lowest BCUT2D eigenvalue weighted by atomic mass is 10.2. The first-order valence-corrected chi connectivity index (χ1v) is 7.75. The van der Waals surface area contributed by atoms with Gasteiger partial charge in [-0.05, 0) is 38.6 Å². The Kier molecular flexibility index (Phi) is 3.64. The number of likely N-dealkylation sites (N-methyl/N-ethyl adjacent to an activating group) is 1. The fourth-order valence-electron chi connectivity index (χ4n) is 2.30. The lowest BCUT2D eigenvalue weighted by molar-refractivity contribution is 0.571. The van der Waals surface area contributed by atoms with E-state index in [2.05, 4.69) is 10.2 Å². The van der Waals surface area contributed by atoms with Gasteiger partial charge in [-0.15, -0.1) is 0 Å². The summed E-state index contributed by atoms with van der Waals surface area (Å²) in [6.07, 6.45) is 0.